The number of rotatable bonds is 4. The quantitative estimate of drug-likeness (QED) is 0.911. The first kappa shape index (κ1) is 14.8. The molecular weight excluding hydrogens is 272 g/mol. The van der Waals surface area contributed by atoms with Crippen molar-refractivity contribution in [3.8, 4) is 10.4 Å². The van der Waals surface area contributed by atoms with Gasteiger partial charge in [-0.2, -0.15) is 0 Å². The van der Waals surface area contributed by atoms with Gasteiger partial charge in [-0.1, -0.05) is 41.9 Å². The van der Waals surface area contributed by atoms with Crippen LogP contribution in [-0.4, -0.2) is 22.2 Å². The van der Waals surface area contributed by atoms with E-state index in [4.69, 9.17) is 5.11 Å². The fourth-order valence-electron chi connectivity index (χ4n) is 1.94. The number of hydrogen-bond acceptors (Lipinski definition) is 4. The number of hydrogen-bond donors (Lipinski definition) is 2. The van der Waals surface area contributed by atoms with Crippen LogP contribution in [0.25, 0.3) is 10.4 Å². The van der Waals surface area contributed by atoms with E-state index in [1.54, 1.807) is 3.96 Å². The molecule has 0 aliphatic rings. The first-order valence-electron chi connectivity index (χ1n) is 6.62. The van der Waals surface area contributed by atoms with Crippen molar-refractivity contribution in [1.29, 1.82) is 0 Å². The summed E-state index contributed by atoms with van der Waals surface area (Å²) >= 11 is 1.46. The Labute approximate surface area is 122 Å². The summed E-state index contributed by atoms with van der Waals surface area (Å²) in [4.78, 5) is 13.5. The third kappa shape index (κ3) is 2.94. The van der Waals surface area contributed by atoms with Crippen LogP contribution in [0, 0.1) is 0 Å². The molecule has 5 heteroatoms. The van der Waals surface area contributed by atoms with E-state index in [0.29, 0.717) is 12.2 Å². The minimum atomic E-state index is -0.259. The van der Waals surface area contributed by atoms with Gasteiger partial charge in [-0.25, -0.2) is 0 Å². The SMILES string of the molecule is CC(C)(C)n1sc(-c2ccccc2)c(NCCO)c1=O. The zero-order chi connectivity index (χ0) is 14.8. The van der Waals surface area contributed by atoms with Gasteiger partial charge in [0.15, 0.2) is 0 Å². The predicted molar refractivity (Wildman–Crippen MR) is 84.6 cm³/mol. The Hall–Kier alpha value is -1.59. The van der Waals surface area contributed by atoms with E-state index < -0.39 is 0 Å². The lowest BCUT2D eigenvalue weighted by atomic mass is 10.1. The molecule has 1 aromatic carbocycles. The Morgan fingerprint density at radius 3 is 2.45 bits per heavy atom. The molecule has 0 atom stereocenters. The molecule has 1 aromatic heterocycles. The van der Waals surface area contributed by atoms with E-state index in [1.807, 2.05) is 51.1 Å². The zero-order valence-corrected chi connectivity index (χ0v) is 12.8. The molecule has 0 aliphatic heterocycles. The van der Waals surface area contributed by atoms with Gasteiger partial charge < -0.3 is 10.4 Å². The van der Waals surface area contributed by atoms with E-state index in [9.17, 15) is 4.79 Å². The van der Waals surface area contributed by atoms with Crippen LogP contribution in [-0.2, 0) is 5.54 Å². The number of anilines is 1. The number of benzene rings is 1. The van der Waals surface area contributed by atoms with Gasteiger partial charge in [0.25, 0.3) is 5.56 Å². The first-order valence-corrected chi connectivity index (χ1v) is 7.39. The van der Waals surface area contributed by atoms with Crippen molar-refractivity contribution in [2.45, 2.75) is 26.3 Å². The molecule has 0 saturated carbocycles. The first-order chi connectivity index (χ1) is 9.45. The fourth-order valence-corrected chi connectivity index (χ4v) is 3.06. The van der Waals surface area contributed by atoms with Crippen molar-refractivity contribution in [1.82, 2.24) is 3.96 Å². The normalized spacial score (nSPS) is 11.6. The molecule has 0 saturated heterocycles. The fraction of sp³-hybridized carbons (Fsp3) is 0.400. The van der Waals surface area contributed by atoms with Gasteiger partial charge in [0.05, 0.1) is 17.0 Å². The van der Waals surface area contributed by atoms with Crippen molar-refractivity contribution >= 4 is 17.2 Å². The molecule has 20 heavy (non-hydrogen) atoms. The van der Waals surface area contributed by atoms with Crippen molar-refractivity contribution in [3.63, 3.8) is 0 Å². The maximum absolute atomic E-state index is 12.5. The molecule has 0 bridgehead atoms. The summed E-state index contributed by atoms with van der Waals surface area (Å²) in [5.41, 5.74) is 1.29. The molecule has 2 rings (SSSR count). The van der Waals surface area contributed by atoms with E-state index in [1.165, 1.54) is 11.5 Å². The monoisotopic (exact) mass is 292 g/mol. The molecular formula is C15H20N2O2S. The Balaban J connectivity index is 2.58. The van der Waals surface area contributed by atoms with Crippen LogP contribution in [0.15, 0.2) is 35.1 Å². The molecule has 0 unspecified atom stereocenters. The van der Waals surface area contributed by atoms with Crippen molar-refractivity contribution < 1.29 is 5.11 Å². The average molecular weight is 292 g/mol. The number of aliphatic hydroxyl groups is 1. The molecule has 0 aliphatic carbocycles. The summed E-state index contributed by atoms with van der Waals surface area (Å²) in [6.45, 7) is 6.40. The standard InChI is InChI=1S/C15H20N2O2S/c1-15(2,3)17-14(19)12(16-9-10-18)13(20-17)11-7-5-4-6-8-11/h4-8,16,18H,9-10H2,1-3H3. The van der Waals surface area contributed by atoms with Gasteiger partial charge in [-0.3, -0.25) is 8.75 Å². The van der Waals surface area contributed by atoms with Gasteiger partial charge >= 0.3 is 0 Å². The largest absolute Gasteiger partial charge is 0.395 e. The third-order valence-electron chi connectivity index (χ3n) is 2.87. The Bertz CT molecular complexity index is 624. The second-order valence-corrected chi connectivity index (χ2v) is 6.54. The lowest BCUT2D eigenvalue weighted by molar-refractivity contribution is 0.311. The Kier molecular flexibility index (Phi) is 4.30. The van der Waals surface area contributed by atoms with Crippen LogP contribution in [0.4, 0.5) is 5.69 Å². The van der Waals surface area contributed by atoms with Crippen molar-refractivity contribution in [2.24, 2.45) is 0 Å². The van der Waals surface area contributed by atoms with E-state index in [0.717, 1.165) is 10.4 Å². The van der Waals surface area contributed by atoms with Crippen LogP contribution in [0.5, 0.6) is 0 Å². The predicted octanol–water partition coefficient (Wildman–Crippen LogP) is 2.74. The summed E-state index contributed by atoms with van der Waals surface area (Å²) < 4.78 is 1.77. The lowest BCUT2D eigenvalue weighted by Gasteiger charge is -2.18. The highest BCUT2D eigenvalue weighted by atomic mass is 32.1. The van der Waals surface area contributed by atoms with Crippen molar-refractivity contribution in [2.75, 3.05) is 18.5 Å². The molecule has 0 spiro atoms. The maximum Gasteiger partial charge on any atom is 0.285 e. The molecule has 108 valence electrons. The molecule has 0 radical (unpaired) electrons. The highest BCUT2D eigenvalue weighted by molar-refractivity contribution is 7.11. The minimum Gasteiger partial charge on any atom is -0.395 e. The van der Waals surface area contributed by atoms with Gasteiger partial charge in [0.2, 0.25) is 0 Å². The molecule has 1 heterocycles. The summed E-state index contributed by atoms with van der Waals surface area (Å²) in [7, 11) is 0. The highest BCUT2D eigenvalue weighted by Crippen LogP contribution is 2.32. The van der Waals surface area contributed by atoms with E-state index in [2.05, 4.69) is 5.32 Å². The van der Waals surface area contributed by atoms with Crippen molar-refractivity contribution in [3.05, 3.63) is 40.7 Å². The van der Waals surface area contributed by atoms with Gasteiger partial charge in [0, 0.05) is 6.54 Å². The minimum absolute atomic E-state index is 0.000958. The molecule has 0 fully saturated rings. The van der Waals surface area contributed by atoms with Crippen LogP contribution in [0.2, 0.25) is 0 Å². The van der Waals surface area contributed by atoms with Crippen LogP contribution in [0.3, 0.4) is 0 Å². The second-order valence-electron chi connectivity index (χ2n) is 5.58. The van der Waals surface area contributed by atoms with Crippen LogP contribution in [0.1, 0.15) is 20.8 Å². The smallest absolute Gasteiger partial charge is 0.285 e. The third-order valence-corrected chi connectivity index (χ3v) is 4.39. The molecule has 4 nitrogen and oxygen atoms in total. The number of nitrogens with zero attached hydrogens (tertiary/aromatic N) is 1. The van der Waals surface area contributed by atoms with Crippen LogP contribution >= 0.6 is 11.5 Å². The zero-order valence-electron chi connectivity index (χ0n) is 12.0. The molecule has 2 N–H and O–H groups in total. The van der Waals surface area contributed by atoms with Gasteiger partial charge in [-0.15, -0.1) is 0 Å². The lowest BCUT2D eigenvalue weighted by Crippen LogP contribution is -2.30. The van der Waals surface area contributed by atoms with E-state index in [-0.39, 0.29) is 17.7 Å². The molecule has 0 amide bonds. The summed E-state index contributed by atoms with van der Waals surface area (Å²) in [6.07, 6.45) is 0. The van der Waals surface area contributed by atoms with E-state index >= 15 is 0 Å². The molecule has 2 aromatic rings. The Morgan fingerprint density at radius 2 is 1.90 bits per heavy atom. The van der Waals surface area contributed by atoms with Gasteiger partial charge in [-0.05, 0) is 26.3 Å². The summed E-state index contributed by atoms with van der Waals surface area (Å²) in [5.74, 6) is 0. The number of nitrogens with one attached hydrogen (secondary N) is 1. The average Bonchev–Trinajstić information content (AvgIpc) is 2.74. The maximum atomic E-state index is 12.5. The highest BCUT2D eigenvalue weighted by Gasteiger charge is 2.23. The number of aliphatic hydroxyl groups excluding tert-OH is 1. The number of aromatic nitrogens is 1. The van der Waals surface area contributed by atoms with Gasteiger partial charge in [0.1, 0.15) is 5.69 Å². The second kappa shape index (κ2) is 5.81. The summed E-state index contributed by atoms with van der Waals surface area (Å²) in [6, 6.07) is 9.84. The van der Waals surface area contributed by atoms with Crippen LogP contribution < -0.4 is 10.9 Å². The topological polar surface area (TPSA) is 54.3 Å². The summed E-state index contributed by atoms with van der Waals surface area (Å²) in [5, 5.41) is 12.0. The Morgan fingerprint density at radius 1 is 1.25 bits per heavy atom.